The topological polar surface area (TPSA) is 64.3 Å². The van der Waals surface area contributed by atoms with E-state index >= 15 is 0 Å². The number of methoxy groups -OCH3 is 1. The fourth-order valence-corrected chi connectivity index (χ4v) is 1.40. The second-order valence-electron chi connectivity index (χ2n) is 3.59. The van der Waals surface area contributed by atoms with Crippen molar-refractivity contribution in [3.05, 3.63) is 29.8 Å². The number of aryl methyl sites for hydroxylation is 1. The second-order valence-corrected chi connectivity index (χ2v) is 4.12. The highest BCUT2D eigenvalue weighted by Crippen LogP contribution is 2.12. The summed E-state index contributed by atoms with van der Waals surface area (Å²) in [5.41, 5.74) is 6.38. The summed E-state index contributed by atoms with van der Waals surface area (Å²) < 4.78 is 5.05. The number of rotatable bonds is 6. The third-order valence-corrected chi connectivity index (χ3v) is 2.40. The lowest BCUT2D eigenvalue weighted by Crippen LogP contribution is -2.32. The summed E-state index contributed by atoms with van der Waals surface area (Å²) in [5, 5.41) is 2.65. The van der Waals surface area contributed by atoms with Crippen molar-refractivity contribution in [2.45, 2.75) is 12.8 Å². The highest BCUT2D eigenvalue weighted by Gasteiger charge is 2.02. The van der Waals surface area contributed by atoms with E-state index in [9.17, 15) is 4.79 Å². The van der Waals surface area contributed by atoms with Crippen LogP contribution in [0.1, 0.15) is 12.0 Å². The molecule has 4 nitrogen and oxygen atoms in total. The van der Waals surface area contributed by atoms with Crippen LogP contribution in [0.2, 0.25) is 0 Å². The van der Waals surface area contributed by atoms with Crippen LogP contribution in [0, 0.1) is 0 Å². The third kappa shape index (κ3) is 5.31. The van der Waals surface area contributed by atoms with Gasteiger partial charge >= 0.3 is 0 Å². The first-order chi connectivity index (χ1) is 8.11. The fraction of sp³-hybridized carbons (Fsp3) is 0.333. The Labute approximate surface area is 106 Å². The van der Waals surface area contributed by atoms with Gasteiger partial charge in [0.15, 0.2) is 0 Å². The average molecular weight is 252 g/mol. The van der Waals surface area contributed by atoms with Crippen molar-refractivity contribution in [1.29, 1.82) is 0 Å². The van der Waals surface area contributed by atoms with Crippen molar-refractivity contribution in [2.24, 2.45) is 5.73 Å². The van der Waals surface area contributed by atoms with Gasteiger partial charge in [-0.15, -0.1) is 0 Å². The molecule has 0 saturated carbocycles. The molecule has 1 rings (SSSR count). The van der Waals surface area contributed by atoms with Gasteiger partial charge in [-0.25, -0.2) is 0 Å². The van der Waals surface area contributed by atoms with E-state index < -0.39 is 0 Å². The lowest BCUT2D eigenvalue weighted by atomic mass is 10.1. The molecular weight excluding hydrogens is 236 g/mol. The Balaban J connectivity index is 2.34. The minimum absolute atomic E-state index is 0.0476. The van der Waals surface area contributed by atoms with E-state index in [0.29, 0.717) is 17.8 Å². The lowest BCUT2D eigenvalue weighted by Gasteiger charge is -2.05. The molecule has 0 unspecified atom stereocenters. The van der Waals surface area contributed by atoms with E-state index in [1.807, 2.05) is 24.3 Å². The van der Waals surface area contributed by atoms with Gasteiger partial charge in [0.05, 0.1) is 18.6 Å². The number of benzene rings is 1. The van der Waals surface area contributed by atoms with Gasteiger partial charge in [-0.05, 0) is 24.1 Å². The van der Waals surface area contributed by atoms with Crippen molar-refractivity contribution in [3.63, 3.8) is 0 Å². The Bertz CT molecular complexity index is 390. The second kappa shape index (κ2) is 6.85. The quantitative estimate of drug-likeness (QED) is 0.742. The van der Waals surface area contributed by atoms with Gasteiger partial charge in [-0.3, -0.25) is 4.79 Å². The minimum Gasteiger partial charge on any atom is -0.497 e. The lowest BCUT2D eigenvalue weighted by molar-refractivity contribution is -0.120. The molecule has 92 valence electrons. The maximum absolute atomic E-state index is 11.4. The number of hydrogen-bond acceptors (Lipinski definition) is 3. The van der Waals surface area contributed by atoms with Crippen LogP contribution in [0.25, 0.3) is 0 Å². The van der Waals surface area contributed by atoms with Gasteiger partial charge in [-0.1, -0.05) is 24.4 Å². The van der Waals surface area contributed by atoms with Crippen molar-refractivity contribution < 1.29 is 9.53 Å². The first-order valence-electron chi connectivity index (χ1n) is 5.29. The van der Waals surface area contributed by atoms with E-state index in [1.165, 1.54) is 0 Å². The molecule has 0 aromatic heterocycles. The Morgan fingerprint density at radius 3 is 2.59 bits per heavy atom. The highest BCUT2D eigenvalue weighted by atomic mass is 32.1. The zero-order chi connectivity index (χ0) is 12.7. The van der Waals surface area contributed by atoms with Gasteiger partial charge < -0.3 is 15.8 Å². The average Bonchev–Trinajstić information content (AvgIpc) is 2.34. The van der Waals surface area contributed by atoms with Crippen LogP contribution >= 0.6 is 12.2 Å². The summed E-state index contributed by atoms with van der Waals surface area (Å²) in [6, 6.07) is 7.64. The summed E-state index contributed by atoms with van der Waals surface area (Å²) in [6.07, 6.45) is 1.11. The molecule has 0 aliphatic carbocycles. The standard InChI is InChI=1S/C12H16N2O2S/c1-16-10-5-2-9(3-6-10)4-7-12(15)14-8-11(13)17/h2-3,5-6H,4,7-8H2,1H3,(H2,13,17)(H,14,15). The predicted octanol–water partition coefficient (Wildman–Crippen LogP) is 1.03. The molecule has 3 N–H and O–H groups in total. The normalized spacial score (nSPS) is 9.71. The first kappa shape index (κ1) is 13.4. The molecule has 0 saturated heterocycles. The maximum atomic E-state index is 11.4. The Morgan fingerprint density at radius 1 is 1.41 bits per heavy atom. The molecule has 0 atom stereocenters. The van der Waals surface area contributed by atoms with Gasteiger partial charge in [-0.2, -0.15) is 0 Å². The number of ether oxygens (including phenoxy) is 1. The minimum atomic E-state index is -0.0476. The van der Waals surface area contributed by atoms with Crippen molar-refractivity contribution in [3.8, 4) is 5.75 Å². The molecule has 1 aromatic carbocycles. The summed E-state index contributed by atoms with van der Waals surface area (Å²) in [6.45, 7) is 0.261. The van der Waals surface area contributed by atoms with Crippen molar-refractivity contribution >= 4 is 23.1 Å². The number of carbonyl (C=O) groups is 1. The number of hydrogen-bond donors (Lipinski definition) is 2. The number of thiocarbonyl (C=S) groups is 1. The molecule has 5 heteroatoms. The van der Waals surface area contributed by atoms with Crippen LogP contribution in [-0.4, -0.2) is 24.6 Å². The predicted molar refractivity (Wildman–Crippen MR) is 71.1 cm³/mol. The van der Waals surface area contributed by atoms with Crippen LogP contribution < -0.4 is 15.8 Å². The molecule has 17 heavy (non-hydrogen) atoms. The molecular formula is C12H16N2O2S. The first-order valence-corrected chi connectivity index (χ1v) is 5.70. The molecule has 0 radical (unpaired) electrons. The number of amides is 1. The van der Waals surface area contributed by atoms with Gasteiger partial charge in [0.1, 0.15) is 5.75 Å². The molecule has 0 aliphatic rings. The largest absolute Gasteiger partial charge is 0.497 e. The number of nitrogens with one attached hydrogen (secondary N) is 1. The zero-order valence-corrected chi connectivity index (χ0v) is 10.5. The summed E-state index contributed by atoms with van der Waals surface area (Å²) in [5.74, 6) is 0.764. The van der Waals surface area contributed by atoms with Crippen molar-refractivity contribution in [2.75, 3.05) is 13.7 Å². The molecule has 0 heterocycles. The molecule has 0 fully saturated rings. The van der Waals surface area contributed by atoms with Crippen molar-refractivity contribution in [1.82, 2.24) is 5.32 Å². The van der Waals surface area contributed by atoms with Gasteiger partial charge in [0, 0.05) is 6.42 Å². The summed E-state index contributed by atoms with van der Waals surface area (Å²) >= 11 is 4.67. The van der Waals surface area contributed by atoms with E-state index in [0.717, 1.165) is 11.3 Å². The molecule has 0 spiro atoms. The number of carbonyl (C=O) groups excluding carboxylic acids is 1. The Kier molecular flexibility index (Phi) is 5.42. The van der Waals surface area contributed by atoms with E-state index in [-0.39, 0.29) is 12.5 Å². The molecule has 1 amide bonds. The fourth-order valence-electron chi connectivity index (χ4n) is 1.32. The van der Waals surface area contributed by atoms with Crippen LogP contribution in [0.3, 0.4) is 0 Å². The molecule has 1 aromatic rings. The summed E-state index contributed by atoms with van der Waals surface area (Å²) in [4.78, 5) is 11.7. The molecule has 0 aliphatic heterocycles. The monoisotopic (exact) mass is 252 g/mol. The van der Waals surface area contributed by atoms with Crippen LogP contribution in [0.5, 0.6) is 5.75 Å². The number of nitrogens with two attached hydrogens (primary N) is 1. The molecule has 0 bridgehead atoms. The zero-order valence-electron chi connectivity index (χ0n) is 9.73. The highest BCUT2D eigenvalue weighted by molar-refractivity contribution is 7.80. The van der Waals surface area contributed by atoms with E-state index in [1.54, 1.807) is 7.11 Å². The third-order valence-electron chi connectivity index (χ3n) is 2.26. The van der Waals surface area contributed by atoms with Crippen LogP contribution in [0.4, 0.5) is 0 Å². The van der Waals surface area contributed by atoms with Crippen LogP contribution in [0.15, 0.2) is 24.3 Å². The smallest absolute Gasteiger partial charge is 0.220 e. The van der Waals surface area contributed by atoms with E-state index in [2.05, 4.69) is 17.5 Å². The Hall–Kier alpha value is -1.62. The van der Waals surface area contributed by atoms with Gasteiger partial charge in [0.25, 0.3) is 0 Å². The Morgan fingerprint density at radius 2 is 2.06 bits per heavy atom. The van der Waals surface area contributed by atoms with Gasteiger partial charge in [0.2, 0.25) is 5.91 Å². The van der Waals surface area contributed by atoms with E-state index in [4.69, 9.17) is 10.5 Å². The SMILES string of the molecule is COc1ccc(CCC(=O)NCC(N)=S)cc1. The van der Waals surface area contributed by atoms with Crippen LogP contribution in [-0.2, 0) is 11.2 Å². The maximum Gasteiger partial charge on any atom is 0.220 e. The summed E-state index contributed by atoms with van der Waals surface area (Å²) in [7, 11) is 1.62.